The number of nitrogens with zero attached hydrogens (tertiary/aromatic N) is 3. The van der Waals surface area contributed by atoms with Crippen molar-refractivity contribution < 1.29 is 0 Å². The maximum absolute atomic E-state index is 4.52. The molecule has 0 saturated carbocycles. The van der Waals surface area contributed by atoms with Gasteiger partial charge in [0.25, 0.3) is 0 Å². The van der Waals surface area contributed by atoms with Gasteiger partial charge in [-0.05, 0) is 29.7 Å². The first kappa shape index (κ1) is 17.4. The molecule has 3 rings (SSSR count). The van der Waals surface area contributed by atoms with E-state index in [4.69, 9.17) is 0 Å². The van der Waals surface area contributed by atoms with Gasteiger partial charge in [-0.2, -0.15) is 0 Å². The van der Waals surface area contributed by atoms with Crippen LogP contribution in [0.3, 0.4) is 0 Å². The second-order valence-corrected chi connectivity index (χ2v) is 7.18. The molecule has 0 radical (unpaired) electrons. The monoisotopic (exact) mass is 352 g/mol. The molecule has 0 aliphatic carbocycles. The number of thiazole rings is 1. The Labute approximate surface area is 153 Å². The molecular formula is C20H24N4S. The second kappa shape index (κ2) is 8.12. The highest BCUT2D eigenvalue weighted by molar-refractivity contribution is 7.09. The minimum Gasteiger partial charge on any atom is -0.356 e. The standard InChI is InChI=1S/C20H24N4S/c1-15-23-19(14-25-15)13-24(3)20(21-2)22-11-10-16-8-9-17-6-4-5-7-18(17)12-16/h4-9,12,14H,10-11,13H2,1-3H3,(H,21,22). The number of hydrogen-bond acceptors (Lipinski definition) is 3. The smallest absolute Gasteiger partial charge is 0.193 e. The molecule has 0 aliphatic rings. The average Bonchev–Trinajstić information content (AvgIpc) is 3.03. The van der Waals surface area contributed by atoms with E-state index in [1.54, 1.807) is 11.3 Å². The largest absolute Gasteiger partial charge is 0.356 e. The van der Waals surface area contributed by atoms with E-state index in [1.165, 1.54) is 16.3 Å². The van der Waals surface area contributed by atoms with Crippen LogP contribution < -0.4 is 5.32 Å². The van der Waals surface area contributed by atoms with Gasteiger partial charge in [0.2, 0.25) is 0 Å². The minimum atomic E-state index is 0.764. The fourth-order valence-corrected chi connectivity index (χ4v) is 3.50. The van der Waals surface area contributed by atoms with Crippen LogP contribution in [0.5, 0.6) is 0 Å². The van der Waals surface area contributed by atoms with Crippen LogP contribution in [0.15, 0.2) is 52.8 Å². The maximum Gasteiger partial charge on any atom is 0.193 e. The normalized spacial score (nSPS) is 11.7. The number of hydrogen-bond donors (Lipinski definition) is 1. The quantitative estimate of drug-likeness (QED) is 0.560. The number of benzene rings is 2. The van der Waals surface area contributed by atoms with Crippen LogP contribution in [0.1, 0.15) is 16.3 Å². The zero-order valence-corrected chi connectivity index (χ0v) is 15.8. The highest BCUT2D eigenvalue weighted by atomic mass is 32.1. The third-order valence-electron chi connectivity index (χ3n) is 4.15. The average molecular weight is 353 g/mol. The van der Waals surface area contributed by atoms with E-state index in [0.717, 1.165) is 36.2 Å². The summed E-state index contributed by atoms with van der Waals surface area (Å²) < 4.78 is 0. The van der Waals surface area contributed by atoms with Gasteiger partial charge in [-0.3, -0.25) is 4.99 Å². The van der Waals surface area contributed by atoms with E-state index in [0.29, 0.717) is 0 Å². The van der Waals surface area contributed by atoms with E-state index < -0.39 is 0 Å². The molecule has 0 spiro atoms. The van der Waals surface area contributed by atoms with Crippen LogP contribution in [-0.2, 0) is 13.0 Å². The van der Waals surface area contributed by atoms with Crippen LogP contribution in [0.4, 0.5) is 0 Å². The lowest BCUT2D eigenvalue weighted by Crippen LogP contribution is -2.39. The van der Waals surface area contributed by atoms with Gasteiger partial charge in [0.05, 0.1) is 17.2 Å². The molecule has 0 amide bonds. The Kier molecular flexibility index (Phi) is 5.66. The number of guanidine groups is 1. The van der Waals surface area contributed by atoms with Crippen molar-refractivity contribution in [3.8, 4) is 0 Å². The van der Waals surface area contributed by atoms with Gasteiger partial charge in [0, 0.05) is 26.0 Å². The third kappa shape index (κ3) is 4.57. The molecule has 0 saturated heterocycles. The van der Waals surface area contributed by atoms with Crippen LogP contribution in [0.2, 0.25) is 0 Å². The molecule has 0 aliphatic heterocycles. The first-order chi connectivity index (χ1) is 12.2. The SMILES string of the molecule is CN=C(NCCc1ccc2ccccc2c1)N(C)Cc1csc(C)n1. The van der Waals surface area contributed by atoms with Gasteiger partial charge < -0.3 is 10.2 Å². The summed E-state index contributed by atoms with van der Waals surface area (Å²) >= 11 is 1.68. The Bertz CT molecular complexity index is 869. The van der Waals surface area contributed by atoms with Crippen molar-refractivity contribution >= 4 is 28.1 Å². The van der Waals surface area contributed by atoms with Gasteiger partial charge in [0.1, 0.15) is 0 Å². The summed E-state index contributed by atoms with van der Waals surface area (Å²) in [5.41, 5.74) is 2.42. The van der Waals surface area contributed by atoms with Crippen molar-refractivity contribution in [1.82, 2.24) is 15.2 Å². The number of aliphatic imine (C=N–C) groups is 1. The molecule has 5 heteroatoms. The third-order valence-corrected chi connectivity index (χ3v) is 4.97. The Morgan fingerprint density at radius 3 is 2.72 bits per heavy atom. The molecule has 0 atom stereocenters. The zero-order valence-electron chi connectivity index (χ0n) is 15.0. The zero-order chi connectivity index (χ0) is 17.6. The Balaban J connectivity index is 1.55. The molecule has 1 heterocycles. The maximum atomic E-state index is 4.52. The lowest BCUT2D eigenvalue weighted by Gasteiger charge is -2.21. The summed E-state index contributed by atoms with van der Waals surface area (Å²) in [7, 11) is 3.86. The Morgan fingerprint density at radius 1 is 1.20 bits per heavy atom. The summed E-state index contributed by atoms with van der Waals surface area (Å²) in [4.78, 5) is 11.0. The van der Waals surface area contributed by atoms with Crippen molar-refractivity contribution in [3.63, 3.8) is 0 Å². The highest BCUT2D eigenvalue weighted by Crippen LogP contribution is 2.15. The van der Waals surface area contributed by atoms with E-state index in [9.17, 15) is 0 Å². The first-order valence-electron chi connectivity index (χ1n) is 8.46. The molecule has 2 aromatic carbocycles. The van der Waals surface area contributed by atoms with Crippen LogP contribution in [0, 0.1) is 6.92 Å². The second-order valence-electron chi connectivity index (χ2n) is 6.12. The predicted octanol–water partition coefficient (Wildman–Crippen LogP) is 3.85. The van der Waals surface area contributed by atoms with Crippen LogP contribution >= 0.6 is 11.3 Å². The Hall–Kier alpha value is -2.40. The molecule has 25 heavy (non-hydrogen) atoms. The summed E-state index contributed by atoms with van der Waals surface area (Å²) in [6, 6.07) is 15.1. The molecule has 0 fully saturated rings. The summed E-state index contributed by atoms with van der Waals surface area (Å²) in [5, 5.41) is 9.23. The molecule has 3 aromatic rings. The molecular weight excluding hydrogens is 328 g/mol. The van der Waals surface area contributed by atoms with Crippen molar-refractivity contribution in [3.05, 3.63) is 64.1 Å². The van der Waals surface area contributed by atoms with Gasteiger partial charge in [0.15, 0.2) is 5.96 Å². The molecule has 0 bridgehead atoms. The lowest BCUT2D eigenvalue weighted by atomic mass is 10.1. The summed E-state index contributed by atoms with van der Waals surface area (Å²) in [5.74, 6) is 0.895. The molecule has 130 valence electrons. The number of rotatable bonds is 5. The molecule has 1 N–H and O–H groups in total. The minimum absolute atomic E-state index is 0.764. The number of nitrogens with one attached hydrogen (secondary N) is 1. The van der Waals surface area contributed by atoms with E-state index in [1.807, 2.05) is 21.0 Å². The van der Waals surface area contributed by atoms with Crippen molar-refractivity contribution in [2.24, 2.45) is 4.99 Å². The van der Waals surface area contributed by atoms with Gasteiger partial charge >= 0.3 is 0 Å². The van der Waals surface area contributed by atoms with Gasteiger partial charge in [-0.1, -0.05) is 42.5 Å². The lowest BCUT2D eigenvalue weighted by molar-refractivity contribution is 0.471. The number of fused-ring (bicyclic) bond motifs is 1. The number of aryl methyl sites for hydroxylation is 1. The van der Waals surface area contributed by atoms with Gasteiger partial charge in [-0.15, -0.1) is 11.3 Å². The topological polar surface area (TPSA) is 40.5 Å². The van der Waals surface area contributed by atoms with Crippen molar-refractivity contribution in [2.75, 3.05) is 20.6 Å². The predicted molar refractivity (Wildman–Crippen MR) is 107 cm³/mol. The first-order valence-corrected chi connectivity index (χ1v) is 9.34. The van der Waals surface area contributed by atoms with Crippen molar-refractivity contribution in [2.45, 2.75) is 19.9 Å². The van der Waals surface area contributed by atoms with Crippen molar-refractivity contribution in [1.29, 1.82) is 0 Å². The van der Waals surface area contributed by atoms with E-state index >= 15 is 0 Å². The summed E-state index contributed by atoms with van der Waals surface area (Å²) in [6.45, 7) is 3.65. The molecule has 4 nitrogen and oxygen atoms in total. The fraction of sp³-hybridized carbons (Fsp3) is 0.300. The number of aromatic nitrogens is 1. The van der Waals surface area contributed by atoms with Crippen LogP contribution in [0.25, 0.3) is 10.8 Å². The Morgan fingerprint density at radius 2 is 2.00 bits per heavy atom. The van der Waals surface area contributed by atoms with Crippen LogP contribution in [-0.4, -0.2) is 36.5 Å². The van der Waals surface area contributed by atoms with E-state index in [2.05, 4.69) is 68.0 Å². The summed E-state index contributed by atoms with van der Waals surface area (Å²) in [6.07, 6.45) is 0.966. The van der Waals surface area contributed by atoms with E-state index in [-0.39, 0.29) is 0 Å². The highest BCUT2D eigenvalue weighted by Gasteiger charge is 2.08. The fourth-order valence-electron chi connectivity index (χ4n) is 2.90. The molecule has 1 aromatic heterocycles. The van der Waals surface area contributed by atoms with Gasteiger partial charge in [-0.25, -0.2) is 4.98 Å². The molecule has 0 unspecified atom stereocenters.